The second kappa shape index (κ2) is 11.5. The first-order valence-corrected chi connectivity index (χ1v) is 12.6. The lowest BCUT2D eigenvalue weighted by Crippen LogP contribution is -2.42. The first-order chi connectivity index (χ1) is 14.7. The Bertz CT molecular complexity index is 975. The molecule has 0 spiro atoms. The van der Waals surface area contributed by atoms with Gasteiger partial charge in [-0.1, -0.05) is 50.8 Å². The lowest BCUT2D eigenvalue weighted by atomic mass is 9.99. The monoisotopic (exact) mass is 464 g/mol. The van der Waals surface area contributed by atoms with Crippen LogP contribution in [0.3, 0.4) is 0 Å². The van der Waals surface area contributed by atoms with E-state index in [0.717, 1.165) is 36.8 Å². The molecule has 7 heteroatoms. The van der Waals surface area contributed by atoms with Gasteiger partial charge in [-0.15, -0.1) is 0 Å². The maximum absolute atomic E-state index is 13.4. The minimum Gasteiger partial charge on any atom is -0.354 e. The number of unbranched alkanes of at least 4 members (excludes halogenated alkanes) is 1. The fourth-order valence-corrected chi connectivity index (χ4v) is 4.86. The van der Waals surface area contributed by atoms with Gasteiger partial charge in [0.2, 0.25) is 5.91 Å². The second-order valence-electron chi connectivity index (χ2n) is 7.95. The molecule has 0 radical (unpaired) electrons. The summed E-state index contributed by atoms with van der Waals surface area (Å²) in [6.45, 7) is 8.42. The summed E-state index contributed by atoms with van der Waals surface area (Å²) in [6.07, 6.45) is 4.26. The molecule has 0 aromatic heterocycles. The number of rotatable bonds is 11. The molecule has 5 nitrogen and oxygen atoms in total. The number of sulfonamides is 1. The SMILES string of the molecule is CCCCC(CC)CNC(=O)CN(c1ccc(C)c(C)c1)S(=O)(=O)c1ccc(Cl)cc1. The summed E-state index contributed by atoms with van der Waals surface area (Å²) < 4.78 is 28.0. The van der Waals surface area contributed by atoms with E-state index in [2.05, 4.69) is 19.2 Å². The van der Waals surface area contributed by atoms with E-state index >= 15 is 0 Å². The van der Waals surface area contributed by atoms with Crippen molar-refractivity contribution in [2.24, 2.45) is 5.92 Å². The molecular formula is C24H33ClN2O3S. The Morgan fingerprint density at radius 2 is 1.74 bits per heavy atom. The van der Waals surface area contributed by atoms with Gasteiger partial charge in [0.25, 0.3) is 10.0 Å². The van der Waals surface area contributed by atoms with Crippen LogP contribution in [0, 0.1) is 19.8 Å². The van der Waals surface area contributed by atoms with Crippen molar-refractivity contribution in [1.29, 1.82) is 0 Å². The molecule has 1 N–H and O–H groups in total. The van der Waals surface area contributed by atoms with Crippen molar-refractivity contribution in [3.05, 3.63) is 58.6 Å². The van der Waals surface area contributed by atoms with Crippen molar-refractivity contribution in [1.82, 2.24) is 5.32 Å². The molecule has 0 saturated carbocycles. The molecule has 2 rings (SSSR count). The predicted octanol–water partition coefficient (Wildman–Crippen LogP) is 5.48. The first-order valence-electron chi connectivity index (χ1n) is 10.8. The second-order valence-corrected chi connectivity index (χ2v) is 10.3. The van der Waals surface area contributed by atoms with Gasteiger partial charge in [-0.2, -0.15) is 0 Å². The van der Waals surface area contributed by atoms with Gasteiger partial charge in [0.05, 0.1) is 10.6 Å². The molecule has 0 bridgehead atoms. The average molecular weight is 465 g/mol. The van der Waals surface area contributed by atoms with Crippen molar-refractivity contribution in [2.45, 2.75) is 58.3 Å². The molecule has 2 aromatic rings. The number of nitrogens with one attached hydrogen (secondary N) is 1. The Hall–Kier alpha value is -2.05. The number of carbonyl (C=O) groups is 1. The number of amides is 1. The van der Waals surface area contributed by atoms with E-state index in [4.69, 9.17) is 11.6 Å². The molecule has 0 heterocycles. The van der Waals surface area contributed by atoms with Gasteiger partial charge in [-0.3, -0.25) is 9.10 Å². The minimum absolute atomic E-state index is 0.0947. The Balaban J connectivity index is 2.29. The molecule has 0 saturated heterocycles. The summed E-state index contributed by atoms with van der Waals surface area (Å²) in [5, 5.41) is 3.39. The number of nitrogens with zero attached hydrogens (tertiary/aromatic N) is 1. The van der Waals surface area contributed by atoms with Crippen molar-refractivity contribution in [3.8, 4) is 0 Å². The van der Waals surface area contributed by atoms with Crippen LogP contribution in [0.4, 0.5) is 5.69 Å². The third-order valence-electron chi connectivity index (χ3n) is 5.60. The van der Waals surface area contributed by atoms with Gasteiger partial charge in [-0.25, -0.2) is 8.42 Å². The highest BCUT2D eigenvalue weighted by molar-refractivity contribution is 7.92. The number of hydrogen-bond donors (Lipinski definition) is 1. The number of hydrogen-bond acceptors (Lipinski definition) is 3. The average Bonchev–Trinajstić information content (AvgIpc) is 2.74. The zero-order chi connectivity index (χ0) is 23.0. The number of benzene rings is 2. The lowest BCUT2D eigenvalue weighted by molar-refractivity contribution is -0.119. The van der Waals surface area contributed by atoms with Crippen LogP contribution in [-0.2, 0) is 14.8 Å². The van der Waals surface area contributed by atoms with E-state index in [1.54, 1.807) is 12.1 Å². The first kappa shape index (κ1) is 25.2. The summed E-state index contributed by atoms with van der Waals surface area (Å²) >= 11 is 5.93. The molecule has 1 unspecified atom stereocenters. The van der Waals surface area contributed by atoms with E-state index < -0.39 is 10.0 Å². The van der Waals surface area contributed by atoms with E-state index in [9.17, 15) is 13.2 Å². The summed E-state index contributed by atoms with van der Waals surface area (Å²) in [5.74, 6) is 0.0811. The zero-order valence-corrected chi connectivity index (χ0v) is 20.4. The molecule has 1 atom stereocenters. The summed E-state index contributed by atoms with van der Waals surface area (Å²) in [4.78, 5) is 12.9. The van der Waals surface area contributed by atoms with Gasteiger partial charge in [0, 0.05) is 11.6 Å². The molecule has 0 fully saturated rings. The van der Waals surface area contributed by atoms with Crippen molar-refractivity contribution >= 4 is 33.2 Å². The van der Waals surface area contributed by atoms with E-state index in [1.165, 1.54) is 28.6 Å². The van der Waals surface area contributed by atoms with Crippen LogP contribution in [-0.4, -0.2) is 27.4 Å². The largest absolute Gasteiger partial charge is 0.354 e. The van der Waals surface area contributed by atoms with Gasteiger partial charge in [0.15, 0.2) is 0 Å². The molecule has 0 aliphatic rings. The van der Waals surface area contributed by atoms with Gasteiger partial charge >= 0.3 is 0 Å². The van der Waals surface area contributed by atoms with Crippen LogP contribution in [0.15, 0.2) is 47.4 Å². The lowest BCUT2D eigenvalue weighted by Gasteiger charge is -2.25. The van der Waals surface area contributed by atoms with Crippen molar-refractivity contribution in [3.63, 3.8) is 0 Å². The quantitative estimate of drug-likeness (QED) is 0.478. The molecule has 1 amide bonds. The Kier molecular flexibility index (Phi) is 9.38. The van der Waals surface area contributed by atoms with Crippen LogP contribution in [0.1, 0.15) is 50.7 Å². The highest BCUT2D eigenvalue weighted by Gasteiger charge is 2.27. The fourth-order valence-electron chi connectivity index (χ4n) is 3.32. The van der Waals surface area contributed by atoms with Gasteiger partial charge in [-0.05, 0) is 73.7 Å². The highest BCUT2D eigenvalue weighted by Crippen LogP contribution is 2.26. The molecule has 170 valence electrons. The maximum Gasteiger partial charge on any atom is 0.264 e. The van der Waals surface area contributed by atoms with E-state index in [0.29, 0.717) is 23.2 Å². The third-order valence-corrected chi connectivity index (χ3v) is 7.64. The van der Waals surface area contributed by atoms with Crippen LogP contribution < -0.4 is 9.62 Å². The smallest absolute Gasteiger partial charge is 0.264 e. The van der Waals surface area contributed by atoms with Gasteiger partial charge < -0.3 is 5.32 Å². The summed E-state index contributed by atoms with van der Waals surface area (Å²) in [5.41, 5.74) is 2.48. The fraction of sp³-hybridized carbons (Fsp3) is 0.458. The number of aryl methyl sites for hydroxylation is 2. The molecule has 31 heavy (non-hydrogen) atoms. The predicted molar refractivity (Wildman–Crippen MR) is 128 cm³/mol. The zero-order valence-electron chi connectivity index (χ0n) is 18.8. The topological polar surface area (TPSA) is 66.5 Å². The molecule has 0 aliphatic heterocycles. The Morgan fingerprint density at radius 3 is 2.32 bits per heavy atom. The molecule has 2 aromatic carbocycles. The number of halogens is 1. The van der Waals surface area contributed by atoms with Crippen LogP contribution in [0.5, 0.6) is 0 Å². The summed E-state index contributed by atoms with van der Waals surface area (Å²) in [6, 6.07) is 11.4. The third kappa shape index (κ3) is 6.97. The Morgan fingerprint density at radius 1 is 1.06 bits per heavy atom. The van der Waals surface area contributed by atoms with Crippen molar-refractivity contribution in [2.75, 3.05) is 17.4 Å². The van der Waals surface area contributed by atoms with Crippen LogP contribution in [0.25, 0.3) is 0 Å². The van der Waals surface area contributed by atoms with Crippen molar-refractivity contribution < 1.29 is 13.2 Å². The highest BCUT2D eigenvalue weighted by atomic mass is 35.5. The normalized spacial score (nSPS) is 12.4. The molecule has 0 aliphatic carbocycles. The van der Waals surface area contributed by atoms with Gasteiger partial charge in [0.1, 0.15) is 6.54 Å². The number of carbonyl (C=O) groups excluding carboxylic acids is 1. The minimum atomic E-state index is -3.94. The summed E-state index contributed by atoms with van der Waals surface area (Å²) in [7, 11) is -3.94. The Labute approximate surface area is 191 Å². The van der Waals surface area contributed by atoms with Crippen LogP contribution in [0.2, 0.25) is 5.02 Å². The van der Waals surface area contributed by atoms with E-state index in [1.807, 2.05) is 19.9 Å². The maximum atomic E-state index is 13.4. The van der Waals surface area contributed by atoms with E-state index in [-0.39, 0.29) is 17.3 Å². The molecular weight excluding hydrogens is 432 g/mol. The standard InChI is InChI=1S/C24H33ClN2O3S/c1-5-7-8-20(6-2)16-26-24(28)17-27(22-12-9-18(3)19(4)15-22)31(29,30)23-13-10-21(25)11-14-23/h9-15,20H,5-8,16-17H2,1-4H3,(H,26,28). The number of anilines is 1. The van der Waals surface area contributed by atoms with Crippen LogP contribution >= 0.6 is 11.6 Å².